The molecule has 5 heteroatoms. The lowest BCUT2D eigenvalue weighted by Gasteiger charge is -1.97. The molecule has 0 fully saturated rings. The highest BCUT2D eigenvalue weighted by Gasteiger charge is 2.06. The molecule has 0 saturated heterocycles. The highest BCUT2D eigenvalue weighted by atomic mass is 79.9. The molecule has 0 spiro atoms. The summed E-state index contributed by atoms with van der Waals surface area (Å²) in [6.45, 7) is 1.97. The maximum Gasteiger partial charge on any atom is 0.317 e. The Bertz CT molecular complexity index is 466. The number of halogens is 3. The summed E-state index contributed by atoms with van der Waals surface area (Å²) in [5, 5.41) is 0. The van der Waals surface area contributed by atoms with Gasteiger partial charge in [-0.15, -0.1) is 0 Å². The molecule has 1 rings (SSSR count). The predicted molar refractivity (Wildman–Crippen MR) is 62.2 cm³/mol. The van der Waals surface area contributed by atoms with Gasteiger partial charge in [-0.25, -0.2) is 8.78 Å². The molecule has 90 valence electrons. The number of carbonyl (C=O) groups is 1. The van der Waals surface area contributed by atoms with Crippen LogP contribution in [0.2, 0.25) is 0 Å². The van der Waals surface area contributed by atoms with Gasteiger partial charge in [0.15, 0.2) is 0 Å². The zero-order valence-corrected chi connectivity index (χ0v) is 10.6. The third-order valence-corrected chi connectivity index (χ3v) is 2.51. The lowest BCUT2D eigenvalue weighted by molar-refractivity contribution is -0.141. The van der Waals surface area contributed by atoms with Crippen LogP contribution < -0.4 is 0 Å². The number of hydrogen-bond acceptors (Lipinski definition) is 2. The molecule has 0 aliphatic heterocycles. The third kappa shape index (κ3) is 4.16. The number of rotatable bonds is 2. The van der Waals surface area contributed by atoms with E-state index in [0.717, 1.165) is 12.1 Å². The van der Waals surface area contributed by atoms with Crippen LogP contribution in [-0.2, 0) is 9.53 Å². The van der Waals surface area contributed by atoms with E-state index in [9.17, 15) is 13.6 Å². The molecule has 0 aliphatic rings. The highest BCUT2D eigenvalue weighted by Crippen LogP contribution is 2.20. The smallest absolute Gasteiger partial charge is 0.317 e. The number of benzene rings is 1. The van der Waals surface area contributed by atoms with Crippen molar-refractivity contribution in [2.24, 2.45) is 0 Å². The zero-order chi connectivity index (χ0) is 12.8. The Morgan fingerprint density at radius 2 is 2.00 bits per heavy atom. The van der Waals surface area contributed by atoms with Gasteiger partial charge in [0.2, 0.25) is 0 Å². The first-order valence-corrected chi connectivity index (χ1v) is 5.63. The minimum absolute atomic E-state index is 0.104. The first-order valence-electron chi connectivity index (χ1n) is 4.83. The molecular formula is C12H9BrF2O2. The summed E-state index contributed by atoms with van der Waals surface area (Å²) < 4.78 is 30.6. The molecule has 0 amide bonds. The average Bonchev–Trinajstić information content (AvgIpc) is 2.26. The molecule has 0 unspecified atom stereocenters. The minimum atomic E-state index is -0.731. The Hall–Kier alpha value is -1.41. The zero-order valence-electron chi connectivity index (χ0n) is 9.02. The number of carbonyl (C=O) groups excluding carboxylic acids is 1. The van der Waals surface area contributed by atoms with E-state index in [1.807, 2.05) is 0 Å². The summed E-state index contributed by atoms with van der Waals surface area (Å²) in [5.74, 6) is 3.06. The second kappa shape index (κ2) is 6.36. The monoisotopic (exact) mass is 302 g/mol. The molecule has 1 aromatic rings. The minimum Gasteiger partial charge on any atom is -0.465 e. The summed E-state index contributed by atoms with van der Waals surface area (Å²) in [5.41, 5.74) is 0.174. The second-order valence-corrected chi connectivity index (χ2v) is 3.83. The fourth-order valence-electron chi connectivity index (χ4n) is 1.06. The van der Waals surface area contributed by atoms with Crippen LogP contribution in [0, 0.1) is 23.5 Å². The van der Waals surface area contributed by atoms with E-state index in [0.29, 0.717) is 0 Å². The van der Waals surface area contributed by atoms with Crippen LogP contribution in [0.1, 0.15) is 18.9 Å². The van der Waals surface area contributed by atoms with Crippen molar-refractivity contribution in [2.75, 3.05) is 6.61 Å². The van der Waals surface area contributed by atoms with Crippen molar-refractivity contribution >= 4 is 21.9 Å². The summed E-state index contributed by atoms with van der Waals surface area (Å²) in [6.07, 6.45) is -0.104. The van der Waals surface area contributed by atoms with Crippen LogP contribution in [0.4, 0.5) is 8.78 Å². The summed E-state index contributed by atoms with van der Waals surface area (Å²) in [7, 11) is 0. The van der Waals surface area contributed by atoms with E-state index in [2.05, 4.69) is 32.5 Å². The fourth-order valence-corrected chi connectivity index (χ4v) is 1.29. The van der Waals surface area contributed by atoms with Gasteiger partial charge < -0.3 is 4.74 Å². The van der Waals surface area contributed by atoms with E-state index in [1.54, 1.807) is 6.92 Å². The first-order chi connectivity index (χ1) is 8.04. The Morgan fingerprint density at radius 1 is 1.41 bits per heavy atom. The van der Waals surface area contributed by atoms with Crippen molar-refractivity contribution in [3.63, 3.8) is 0 Å². The molecular weight excluding hydrogens is 294 g/mol. The number of esters is 1. The van der Waals surface area contributed by atoms with Crippen LogP contribution in [0.3, 0.4) is 0 Å². The molecule has 0 aliphatic carbocycles. The maximum atomic E-state index is 13.1. The second-order valence-electron chi connectivity index (χ2n) is 3.04. The van der Waals surface area contributed by atoms with Crippen molar-refractivity contribution in [3.05, 3.63) is 33.8 Å². The molecule has 2 nitrogen and oxygen atoms in total. The molecule has 0 aromatic heterocycles. The number of hydrogen-bond donors (Lipinski definition) is 0. The van der Waals surface area contributed by atoms with Crippen molar-refractivity contribution in [3.8, 4) is 11.8 Å². The molecule has 0 saturated carbocycles. The molecule has 17 heavy (non-hydrogen) atoms. The average molecular weight is 303 g/mol. The number of ether oxygens (including phenoxy) is 1. The predicted octanol–water partition coefficient (Wildman–Crippen LogP) is 3.03. The molecule has 1 aromatic carbocycles. The van der Waals surface area contributed by atoms with E-state index in [1.165, 1.54) is 0 Å². The van der Waals surface area contributed by atoms with Crippen LogP contribution in [0.5, 0.6) is 0 Å². The van der Waals surface area contributed by atoms with Gasteiger partial charge in [-0.1, -0.05) is 11.8 Å². The maximum absolute atomic E-state index is 13.1. The largest absolute Gasteiger partial charge is 0.465 e. The van der Waals surface area contributed by atoms with Crippen LogP contribution >= 0.6 is 15.9 Å². The van der Waals surface area contributed by atoms with E-state index in [-0.39, 0.29) is 23.1 Å². The van der Waals surface area contributed by atoms with Crippen molar-refractivity contribution < 1.29 is 18.3 Å². The van der Waals surface area contributed by atoms with E-state index in [4.69, 9.17) is 0 Å². The van der Waals surface area contributed by atoms with Crippen LogP contribution in [0.25, 0.3) is 0 Å². The molecule has 0 heterocycles. The van der Waals surface area contributed by atoms with Gasteiger partial charge in [0.1, 0.15) is 18.1 Å². The third-order valence-electron chi connectivity index (χ3n) is 1.75. The first kappa shape index (κ1) is 13.7. The van der Waals surface area contributed by atoms with Gasteiger partial charge in [0, 0.05) is 5.56 Å². The quantitative estimate of drug-likeness (QED) is 0.477. The topological polar surface area (TPSA) is 26.3 Å². The lowest BCUT2D eigenvalue weighted by atomic mass is 10.2. The van der Waals surface area contributed by atoms with Crippen molar-refractivity contribution in [1.82, 2.24) is 0 Å². The summed E-state index contributed by atoms with van der Waals surface area (Å²) >= 11 is 2.75. The van der Waals surface area contributed by atoms with Crippen LogP contribution in [-0.4, -0.2) is 12.6 Å². The fraction of sp³-hybridized carbons (Fsp3) is 0.250. The normalized spacial score (nSPS) is 9.41. The molecule has 0 N–H and O–H groups in total. The van der Waals surface area contributed by atoms with Crippen molar-refractivity contribution in [2.45, 2.75) is 13.3 Å². The Balaban J connectivity index is 2.76. The van der Waals surface area contributed by atoms with Crippen molar-refractivity contribution in [1.29, 1.82) is 0 Å². The van der Waals surface area contributed by atoms with Gasteiger partial charge >= 0.3 is 5.97 Å². The standard InChI is InChI=1S/C12H9BrF2O2/c1-2-17-11(16)5-3-4-8-6-9(14)12(13)10(15)7-8/h6-7H,2,5H2,1H3. The molecule has 0 atom stereocenters. The van der Waals surface area contributed by atoms with Gasteiger partial charge in [0.25, 0.3) is 0 Å². The molecule has 0 bridgehead atoms. The Kier molecular flexibility index (Phi) is 5.11. The van der Waals surface area contributed by atoms with E-state index >= 15 is 0 Å². The Morgan fingerprint density at radius 3 is 2.53 bits per heavy atom. The van der Waals surface area contributed by atoms with E-state index < -0.39 is 17.6 Å². The summed E-state index contributed by atoms with van der Waals surface area (Å²) in [4.78, 5) is 10.9. The van der Waals surface area contributed by atoms with Gasteiger partial charge in [-0.05, 0) is 35.0 Å². The SMILES string of the molecule is CCOC(=O)CC#Cc1cc(F)c(Br)c(F)c1. The Labute approximate surface area is 106 Å². The van der Waals surface area contributed by atoms with Gasteiger partial charge in [-0.3, -0.25) is 4.79 Å². The lowest BCUT2D eigenvalue weighted by Crippen LogP contribution is -2.01. The van der Waals surface area contributed by atoms with Crippen LogP contribution in [0.15, 0.2) is 16.6 Å². The summed E-state index contributed by atoms with van der Waals surface area (Å²) in [6, 6.07) is 2.18. The van der Waals surface area contributed by atoms with Gasteiger partial charge in [-0.2, -0.15) is 0 Å². The molecule has 0 radical (unpaired) electrons. The highest BCUT2D eigenvalue weighted by molar-refractivity contribution is 9.10. The van der Waals surface area contributed by atoms with Gasteiger partial charge in [0.05, 0.1) is 11.1 Å².